The summed E-state index contributed by atoms with van der Waals surface area (Å²) in [5.41, 5.74) is 0. The normalized spacial score (nSPS) is 29.2. The van der Waals surface area contributed by atoms with E-state index in [1.807, 2.05) is 4.90 Å². The molecule has 4 nitrogen and oxygen atoms in total. The number of nitrogens with one attached hydrogen (secondary N) is 1. The van der Waals surface area contributed by atoms with Gasteiger partial charge in [-0.3, -0.25) is 0 Å². The molecule has 0 bridgehead atoms. The van der Waals surface area contributed by atoms with Gasteiger partial charge >= 0.3 is 6.03 Å². The van der Waals surface area contributed by atoms with E-state index < -0.39 is 0 Å². The van der Waals surface area contributed by atoms with Gasteiger partial charge in [0.05, 0.1) is 0 Å². The molecule has 3 saturated heterocycles. The van der Waals surface area contributed by atoms with Crippen LogP contribution in [0.25, 0.3) is 0 Å². The van der Waals surface area contributed by atoms with Crippen LogP contribution in [0.15, 0.2) is 0 Å². The zero-order chi connectivity index (χ0) is 13.1. The summed E-state index contributed by atoms with van der Waals surface area (Å²) in [5.74, 6) is 2.58. The van der Waals surface area contributed by atoms with E-state index in [9.17, 15) is 4.79 Å². The van der Waals surface area contributed by atoms with Gasteiger partial charge in [-0.05, 0) is 37.9 Å². The molecule has 0 unspecified atom stereocenters. The number of carbonyl (C=O) groups is 1. The quantitative estimate of drug-likeness (QED) is 0.839. The molecule has 0 aromatic heterocycles. The third-order valence-corrected chi connectivity index (χ3v) is 5.71. The molecule has 0 aromatic carbocycles. The highest BCUT2D eigenvalue weighted by molar-refractivity contribution is 7.99. The van der Waals surface area contributed by atoms with Crippen LogP contribution in [0.4, 0.5) is 4.79 Å². The van der Waals surface area contributed by atoms with Gasteiger partial charge in [-0.15, -0.1) is 0 Å². The minimum absolute atomic E-state index is 0.285. The largest absolute Gasteiger partial charge is 0.325 e. The number of piperidine rings is 1. The zero-order valence-corrected chi connectivity index (χ0v) is 12.5. The fourth-order valence-corrected chi connectivity index (χ4v) is 4.51. The summed E-state index contributed by atoms with van der Waals surface area (Å²) in [6.45, 7) is 3.81. The minimum Gasteiger partial charge on any atom is -0.325 e. The molecule has 1 atom stereocenters. The number of urea groups is 1. The van der Waals surface area contributed by atoms with E-state index in [2.05, 4.69) is 22.0 Å². The van der Waals surface area contributed by atoms with Crippen molar-refractivity contribution >= 4 is 17.8 Å². The molecule has 3 aliphatic heterocycles. The monoisotopic (exact) mass is 283 g/mol. The molecule has 0 radical (unpaired) electrons. The van der Waals surface area contributed by atoms with Crippen molar-refractivity contribution in [3.63, 3.8) is 0 Å². The number of nitrogens with zero attached hydrogens (tertiary/aromatic N) is 2. The number of thioether (sulfide) groups is 1. The molecule has 3 fully saturated rings. The third kappa shape index (κ3) is 3.37. The second-order valence-electron chi connectivity index (χ2n) is 5.97. The average Bonchev–Trinajstić information content (AvgIpc) is 3.12. The van der Waals surface area contributed by atoms with E-state index in [1.165, 1.54) is 30.8 Å². The van der Waals surface area contributed by atoms with Crippen molar-refractivity contribution in [2.45, 2.75) is 44.2 Å². The summed E-state index contributed by atoms with van der Waals surface area (Å²) in [7, 11) is 0. The summed E-state index contributed by atoms with van der Waals surface area (Å²) in [6, 6.07) is 1.63. The zero-order valence-electron chi connectivity index (χ0n) is 11.6. The number of hydrogen-bond acceptors (Lipinski definition) is 3. The van der Waals surface area contributed by atoms with Crippen LogP contribution in [0.2, 0.25) is 0 Å². The SMILES string of the molecule is O=C(N1CCCC1)N1CCC(N[C@H]2CCSC2)CC1. The Morgan fingerprint density at radius 3 is 2.26 bits per heavy atom. The average molecular weight is 283 g/mol. The predicted octanol–water partition coefficient (Wildman–Crippen LogP) is 1.76. The van der Waals surface area contributed by atoms with Crippen LogP contribution in [-0.4, -0.2) is 65.6 Å². The highest BCUT2D eigenvalue weighted by atomic mass is 32.2. The molecular weight excluding hydrogens is 258 g/mol. The van der Waals surface area contributed by atoms with Gasteiger partial charge in [-0.1, -0.05) is 0 Å². The molecule has 0 spiro atoms. The van der Waals surface area contributed by atoms with Crippen molar-refractivity contribution in [1.82, 2.24) is 15.1 Å². The van der Waals surface area contributed by atoms with Crippen molar-refractivity contribution < 1.29 is 4.79 Å². The molecule has 1 N–H and O–H groups in total. The Labute approximate surface area is 120 Å². The fourth-order valence-electron chi connectivity index (χ4n) is 3.35. The van der Waals surface area contributed by atoms with Crippen molar-refractivity contribution in [1.29, 1.82) is 0 Å². The first kappa shape index (κ1) is 13.6. The Morgan fingerprint density at radius 1 is 0.947 bits per heavy atom. The van der Waals surface area contributed by atoms with E-state index in [0.717, 1.165) is 45.1 Å². The molecule has 0 saturated carbocycles. The Kier molecular flexibility index (Phi) is 4.53. The maximum Gasteiger partial charge on any atom is 0.319 e. The second kappa shape index (κ2) is 6.35. The van der Waals surface area contributed by atoms with Crippen LogP contribution in [-0.2, 0) is 0 Å². The first-order chi connectivity index (χ1) is 9.33. The van der Waals surface area contributed by atoms with Gasteiger partial charge in [0.25, 0.3) is 0 Å². The van der Waals surface area contributed by atoms with Crippen molar-refractivity contribution in [2.75, 3.05) is 37.7 Å². The van der Waals surface area contributed by atoms with Crippen LogP contribution < -0.4 is 5.32 Å². The summed E-state index contributed by atoms with van der Waals surface area (Å²) in [4.78, 5) is 16.4. The van der Waals surface area contributed by atoms with Crippen LogP contribution in [0.5, 0.6) is 0 Å². The number of hydrogen-bond donors (Lipinski definition) is 1. The lowest BCUT2D eigenvalue weighted by Gasteiger charge is -2.35. The molecule has 3 rings (SSSR count). The predicted molar refractivity (Wildman–Crippen MR) is 79.7 cm³/mol. The van der Waals surface area contributed by atoms with Crippen LogP contribution >= 0.6 is 11.8 Å². The first-order valence-corrected chi connectivity index (χ1v) is 8.86. The lowest BCUT2D eigenvalue weighted by molar-refractivity contribution is 0.144. The lowest BCUT2D eigenvalue weighted by Crippen LogP contribution is -2.50. The minimum atomic E-state index is 0.285. The highest BCUT2D eigenvalue weighted by Gasteiger charge is 2.28. The maximum absolute atomic E-state index is 12.3. The standard InChI is InChI=1S/C14H25N3OS/c18-14(16-6-1-2-7-16)17-8-3-12(4-9-17)15-13-5-10-19-11-13/h12-13,15H,1-11H2/t13-/m0/s1. The van der Waals surface area contributed by atoms with Gasteiger partial charge in [0, 0.05) is 44.0 Å². The second-order valence-corrected chi connectivity index (χ2v) is 7.12. The first-order valence-electron chi connectivity index (χ1n) is 7.70. The van der Waals surface area contributed by atoms with Gasteiger partial charge in [-0.25, -0.2) is 4.79 Å². The molecule has 0 aromatic rings. The van der Waals surface area contributed by atoms with Gasteiger partial charge in [0.2, 0.25) is 0 Å². The third-order valence-electron chi connectivity index (χ3n) is 4.54. The van der Waals surface area contributed by atoms with Crippen LogP contribution in [0, 0.1) is 0 Å². The molecule has 3 aliphatic rings. The van der Waals surface area contributed by atoms with E-state index in [0.29, 0.717) is 6.04 Å². The van der Waals surface area contributed by atoms with Crippen molar-refractivity contribution in [3.05, 3.63) is 0 Å². The Bertz CT molecular complexity index is 306. The highest BCUT2D eigenvalue weighted by Crippen LogP contribution is 2.20. The lowest BCUT2D eigenvalue weighted by atomic mass is 10.0. The van der Waals surface area contributed by atoms with Gasteiger partial charge < -0.3 is 15.1 Å². The summed E-state index contributed by atoms with van der Waals surface area (Å²) >= 11 is 2.06. The summed E-state index contributed by atoms with van der Waals surface area (Å²) in [5, 5.41) is 3.77. The van der Waals surface area contributed by atoms with E-state index in [-0.39, 0.29) is 6.03 Å². The van der Waals surface area contributed by atoms with E-state index in [4.69, 9.17) is 0 Å². The Morgan fingerprint density at radius 2 is 1.63 bits per heavy atom. The van der Waals surface area contributed by atoms with Gasteiger partial charge in [0.15, 0.2) is 0 Å². The van der Waals surface area contributed by atoms with Crippen molar-refractivity contribution in [2.24, 2.45) is 0 Å². The summed E-state index contributed by atoms with van der Waals surface area (Å²) < 4.78 is 0. The van der Waals surface area contributed by atoms with E-state index in [1.54, 1.807) is 0 Å². The van der Waals surface area contributed by atoms with Crippen LogP contribution in [0.3, 0.4) is 0 Å². The maximum atomic E-state index is 12.3. The van der Waals surface area contributed by atoms with E-state index >= 15 is 0 Å². The molecule has 19 heavy (non-hydrogen) atoms. The number of likely N-dealkylation sites (tertiary alicyclic amines) is 2. The number of amides is 2. The molecule has 2 amide bonds. The molecule has 108 valence electrons. The summed E-state index contributed by atoms with van der Waals surface area (Å²) in [6.07, 6.45) is 5.94. The fraction of sp³-hybridized carbons (Fsp3) is 0.929. The smallest absolute Gasteiger partial charge is 0.319 e. The molecule has 5 heteroatoms. The molecule has 3 heterocycles. The molecular formula is C14H25N3OS. The van der Waals surface area contributed by atoms with Crippen molar-refractivity contribution in [3.8, 4) is 0 Å². The molecule has 0 aliphatic carbocycles. The number of rotatable bonds is 2. The Hall–Kier alpha value is -0.420. The van der Waals surface area contributed by atoms with Gasteiger partial charge in [0.1, 0.15) is 0 Å². The number of carbonyl (C=O) groups excluding carboxylic acids is 1. The topological polar surface area (TPSA) is 35.6 Å². The van der Waals surface area contributed by atoms with Crippen LogP contribution in [0.1, 0.15) is 32.1 Å². The Balaban J connectivity index is 1.42. The van der Waals surface area contributed by atoms with Gasteiger partial charge in [-0.2, -0.15) is 11.8 Å².